The summed E-state index contributed by atoms with van der Waals surface area (Å²) < 4.78 is 1.14. The van der Waals surface area contributed by atoms with Crippen LogP contribution < -0.4 is 5.32 Å². The Morgan fingerprint density at radius 3 is 2.78 bits per heavy atom. The molecule has 2 aromatic carbocycles. The number of anilines is 1. The first kappa shape index (κ1) is 12.4. The molecular weight excluding hydrogens is 306 g/mol. The van der Waals surface area contributed by atoms with E-state index in [1.165, 1.54) is 40.8 Å². The maximum absolute atomic E-state index is 3.66. The Hall–Kier alpha value is -0.670. The Labute approximate surface area is 120 Å². The second-order valence-electron chi connectivity index (χ2n) is 4.76. The fourth-order valence-electron chi connectivity index (χ4n) is 2.40. The molecule has 1 aliphatic heterocycles. The SMILES string of the molecule is Brc1ccc2cc(NC3CCCSC3)ccc2c1. The Balaban J connectivity index is 1.82. The van der Waals surface area contributed by atoms with Gasteiger partial charge in [-0.3, -0.25) is 0 Å². The molecule has 3 rings (SSSR count). The number of nitrogens with one attached hydrogen (secondary N) is 1. The summed E-state index contributed by atoms with van der Waals surface area (Å²) >= 11 is 5.57. The van der Waals surface area contributed by atoms with E-state index in [1.54, 1.807) is 0 Å². The lowest BCUT2D eigenvalue weighted by Gasteiger charge is -2.23. The third-order valence-electron chi connectivity index (χ3n) is 3.33. The van der Waals surface area contributed by atoms with E-state index >= 15 is 0 Å². The molecule has 0 aliphatic carbocycles. The molecule has 18 heavy (non-hydrogen) atoms. The number of benzene rings is 2. The molecule has 0 amide bonds. The fraction of sp³-hybridized carbons (Fsp3) is 0.333. The van der Waals surface area contributed by atoms with Crippen LogP contribution in [-0.2, 0) is 0 Å². The second-order valence-corrected chi connectivity index (χ2v) is 6.83. The van der Waals surface area contributed by atoms with Crippen molar-refractivity contribution in [1.82, 2.24) is 0 Å². The van der Waals surface area contributed by atoms with Crippen molar-refractivity contribution in [2.45, 2.75) is 18.9 Å². The Morgan fingerprint density at radius 1 is 1.11 bits per heavy atom. The topological polar surface area (TPSA) is 12.0 Å². The summed E-state index contributed by atoms with van der Waals surface area (Å²) in [6.45, 7) is 0. The molecule has 3 heteroatoms. The van der Waals surface area contributed by atoms with Gasteiger partial charge in [-0.1, -0.05) is 28.1 Å². The molecule has 1 aliphatic rings. The highest BCUT2D eigenvalue weighted by Gasteiger charge is 2.13. The highest BCUT2D eigenvalue weighted by Crippen LogP contribution is 2.25. The quantitative estimate of drug-likeness (QED) is 0.843. The molecule has 1 heterocycles. The van der Waals surface area contributed by atoms with E-state index < -0.39 is 0 Å². The lowest BCUT2D eigenvalue weighted by atomic mass is 10.1. The summed E-state index contributed by atoms with van der Waals surface area (Å²) in [5.41, 5.74) is 1.25. The maximum Gasteiger partial charge on any atom is 0.0352 e. The summed E-state index contributed by atoms with van der Waals surface area (Å²) in [6, 6.07) is 13.7. The van der Waals surface area contributed by atoms with E-state index in [1.807, 2.05) is 0 Å². The summed E-state index contributed by atoms with van der Waals surface area (Å²) in [7, 11) is 0. The molecule has 0 radical (unpaired) electrons. The molecular formula is C15H16BrNS. The Kier molecular flexibility index (Phi) is 3.80. The largest absolute Gasteiger partial charge is 0.381 e. The van der Waals surface area contributed by atoms with Crippen molar-refractivity contribution < 1.29 is 0 Å². The van der Waals surface area contributed by atoms with Crippen LogP contribution in [0, 0.1) is 0 Å². The smallest absolute Gasteiger partial charge is 0.0352 e. The third kappa shape index (κ3) is 2.83. The normalized spacial score (nSPS) is 19.9. The second kappa shape index (κ2) is 5.54. The van der Waals surface area contributed by atoms with Crippen molar-refractivity contribution >= 4 is 44.2 Å². The lowest BCUT2D eigenvalue weighted by Crippen LogP contribution is -2.25. The molecule has 94 valence electrons. The first-order valence-corrected chi connectivity index (χ1v) is 8.30. The van der Waals surface area contributed by atoms with E-state index in [0.717, 1.165) is 4.47 Å². The van der Waals surface area contributed by atoms with Gasteiger partial charge in [-0.25, -0.2) is 0 Å². The van der Waals surface area contributed by atoms with Crippen molar-refractivity contribution in [2.75, 3.05) is 16.8 Å². The van der Waals surface area contributed by atoms with Crippen LogP contribution in [0.3, 0.4) is 0 Å². The molecule has 1 saturated heterocycles. The zero-order chi connectivity index (χ0) is 12.4. The number of halogens is 1. The van der Waals surface area contributed by atoms with Crippen molar-refractivity contribution in [3.05, 3.63) is 40.9 Å². The molecule has 1 N–H and O–H groups in total. The van der Waals surface area contributed by atoms with Crippen LogP contribution in [0.25, 0.3) is 10.8 Å². The summed E-state index contributed by atoms with van der Waals surface area (Å²) in [6.07, 6.45) is 2.63. The zero-order valence-corrected chi connectivity index (χ0v) is 12.6. The van der Waals surface area contributed by atoms with Crippen molar-refractivity contribution in [3.8, 4) is 0 Å². The number of hydrogen-bond donors (Lipinski definition) is 1. The van der Waals surface area contributed by atoms with Crippen LogP contribution in [0.2, 0.25) is 0 Å². The van der Waals surface area contributed by atoms with E-state index in [0.29, 0.717) is 6.04 Å². The first-order valence-electron chi connectivity index (χ1n) is 6.35. The predicted octanol–water partition coefficient (Wildman–Crippen LogP) is 4.91. The fourth-order valence-corrected chi connectivity index (χ4v) is 3.85. The third-order valence-corrected chi connectivity index (χ3v) is 5.04. The molecule has 1 nitrogen and oxygen atoms in total. The number of fused-ring (bicyclic) bond motifs is 1. The van der Waals surface area contributed by atoms with Crippen LogP contribution >= 0.6 is 27.7 Å². The van der Waals surface area contributed by atoms with Crippen LogP contribution in [0.15, 0.2) is 40.9 Å². The van der Waals surface area contributed by atoms with E-state index in [4.69, 9.17) is 0 Å². The van der Waals surface area contributed by atoms with Gasteiger partial charge in [0.05, 0.1) is 0 Å². The van der Waals surface area contributed by atoms with Gasteiger partial charge >= 0.3 is 0 Å². The van der Waals surface area contributed by atoms with Crippen molar-refractivity contribution in [3.63, 3.8) is 0 Å². The standard InChI is InChI=1S/C15H16BrNS/c16-13-5-3-12-9-14(6-4-11(12)8-13)17-15-2-1-7-18-10-15/h3-6,8-9,15,17H,1-2,7,10H2. The molecule has 1 atom stereocenters. The molecule has 0 saturated carbocycles. The maximum atomic E-state index is 3.66. The Morgan fingerprint density at radius 2 is 1.94 bits per heavy atom. The van der Waals surface area contributed by atoms with Crippen molar-refractivity contribution in [2.24, 2.45) is 0 Å². The van der Waals surface area contributed by atoms with Gasteiger partial charge in [0, 0.05) is 22.0 Å². The lowest BCUT2D eigenvalue weighted by molar-refractivity contribution is 0.685. The zero-order valence-electron chi connectivity index (χ0n) is 10.2. The minimum absolute atomic E-state index is 0.636. The average molecular weight is 322 g/mol. The minimum Gasteiger partial charge on any atom is -0.381 e. The van der Waals surface area contributed by atoms with Gasteiger partial charge in [0.1, 0.15) is 0 Å². The molecule has 0 bridgehead atoms. The van der Waals surface area contributed by atoms with Gasteiger partial charge in [0.2, 0.25) is 0 Å². The van der Waals surface area contributed by atoms with Gasteiger partial charge < -0.3 is 5.32 Å². The van der Waals surface area contributed by atoms with Gasteiger partial charge in [0.15, 0.2) is 0 Å². The summed E-state index contributed by atoms with van der Waals surface area (Å²) in [4.78, 5) is 0. The van der Waals surface area contributed by atoms with E-state index in [2.05, 4.69) is 69.4 Å². The number of hydrogen-bond acceptors (Lipinski definition) is 2. The van der Waals surface area contributed by atoms with Crippen LogP contribution in [-0.4, -0.2) is 17.5 Å². The predicted molar refractivity (Wildman–Crippen MR) is 85.6 cm³/mol. The molecule has 0 spiro atoms. The number of rotatable bonds is 2. The van der Waals surface area contributed by atoms with Gasteiger partial charge in [-0.15, -0.1) is 0 Å². The van der Waals surface area contributed by atoms with Gasteiger partial charge in [0.25, 0.3) is 0 Å². The monoisotopic (exact) mass is 321 g/mol. The summed E-state index contributed by atoms with van der Waals surface area (Å²) in [5.74, 6) is 2.56. The van der Waals surface area contributed by atoms with Crippen molar-refractivity contribution in [1.29, 1.82) is 0 Å². The highest BCUT2D eigenvalue weighted by atomic mass is 79.9. The summed E-state index contributed by atoms with van der Waals surface area (Å²) in [5, 5.41) is 6.24. The number of thioether (sulfide) groups is 1. The highest BCUT2D eigenvalue weighted by molar-refractivity contribution is 9.10. The molecule has 1 unspecified atom stereocenters. The van der Waals surface area contributed by atoms with Gasteiger partial charge in [-0.2, -0.15) is 11.8 Å². The minimum atomic E-state index is 0.636. The Bertz CT molecular complexity index is 549. The van der Waals surface area contributed by atoms with Crippen LogP contribution in [0.5, 0.6) is 0 Å². The van der Waals surface area contributed by atoms with E-state index in [9.17, 15) is 0 Å². The van der Waals surface area contributed by atoms with Gasteiger partial charge in [-0.05, 0) is 53.6 Å². The van der Waals surface area contributed by atoms with Crippen LogP contribution in [0.1, 0.15) is 12.8 Å². The molecule has 2 aromatic rings. The first-order chi connectivity index (χ1) is 8.81. The van der Waals surface area contributed by atoms with Crippen LogP contribution in [0.4, 0.5) is 5.69 Å². The molecule has 0 aromatic heterocycles. The molecule has 1 fully saturated rings. The average Bonchev–Trinajstić information content (AvgIpc) is 2.40. The van der Waals surface area contributed by atoms with E-state index in [-0.39, 0.29) is 0 Å².